The lowest BCUT2D eigenvalue weighted by atomic mass is 9.96. The first-order chi connectivity index (χ1) is 15.4. The van der Waals surface area contributed by atoms with E-state index in [1.165, 1.54) is 0 Å². The molecule has 4 rings (SSSR count). The fourth-order valence-electron chi connectivity index (χ4n) is 4.28. The van der Waals surface area contributed by atoms with Gasteiger partial charge in [0, 0.05) is 41.8 Å². The number of carbonyl (C=O) groups excluding carboxylic acids is 2. The third-order valence-electron chi connectivity index (χ3n) is 6.08. The fraction of sp³-hybridized carbons (Fsp3) is 0.346. The molecule has 1 aliphatic heterocycles. The number of rotatable bonds is 5. The van der Waals surface area contributed by atoms with Gasteiger partial charge in [0.25, 0.3) is 5.91 Å². The van der Waals surface area contributed by atoms with Crippen molar-refractivity contribution in [2.45, 2.75) is 46.3 Å². The van der Waals surface area contributed by atoms with Gasteiger partial charge in [-0.05, 0) is 44.5 Å². The number of hydrogen-bond donors (Lipinski definition) is 1. The number of aryl methyl sites for hydroxylation is 2. The van der Waals surface area contributed by atoms with E-state index in [9.17, 15) is 9.59 Å². The Kier molecular flexibility index (Phi) is 6.24. The van der Waals surface area contributed by atoms with Gasteiger partial charge in [-0.15, -0.1) is 0 Å². The van der Waals surface area contributed by atoms with E-state index >= 15 is 0 Å². The van der Waals surface area contributed by atoms with Crippen LogP contribution >= 0.6 is 0 Å². The average Bonchev–Trinajstić information content (AvgIpc) is 2.78. The lowest BCUT2D eigenvalue weighted by Gasteiger charge is -2.27. The summed E-state index contributed by atoms with van der Waals surface area (Å²) >= 11 is 0. The smallest absolute Gasteiger partial charge is 0.340 e. The number of benzene rings is 2. The van der Waals surface area contributed by atoms with Crippen LogP contribution in [0.25, 0.3) is 10.9 Å². The topological polar surface area (TPSA) is 71.5 Å². The highest BCUT2D eigenvalue weighted by Crippen LogP contribution is 2.29. The summed E-state index contributed by atoms with van der Waals surface area (Å²) in [6.45, 7) is 7.25. The Bertz CT molecular complexity index is 1170. The average molecular weight is 432 g/mol. The van der Waals surface area contributed by atoms with Crippen molar-refractivity contribution in [2.75, 3.05) is 18.9 Å². The highest BCUT2D eigenvalue weighted by molar-refractivity contribution is 6.06. The zero-order valence-electron chi connectivity index (χ0n) is 19.1. The monoisotopic (exact) mass is 431 g/mol. The van der Waals surface area contributed by atoms with Gasteiger partial charge in [0.1, 0.15) is 0 Å². The second kappa shape index (κ2) is 9.09. The number of carbonyl (C=O) groups is 2. The van der Waals surface area contributed by atoms with E-state index in [1.54, 1.807) is 0 Å². The fourth-order valence-corrected chi connectivity index (χ4v) is 4.28. The molecule has 0 fully saturated rings. The van der Waals surface area contributed by atoms with Gasteiger partial charge in [-0.3, -0.25) is 9.78 Å². The van der Waals surface area contributed by atoms with Crippen LogP contribution in [-0.2, 0) is 22.5 Å². The van der Waals surface area contributed by atoms with Crippen molar-refractivity contribution >= 4 is 28.5 Å². The summed E-state index contributed by atoms with van der Waals surface area (Å²) in [6.07, 6.45) is 0.278. The van der Waals surface area contributed by atoms with Gasteiger partial charge in [-0.1, -0.05) is 43.3 Å². The van der Waals surface area contributed by atoms with Crippen LogP contribution in [0.5, 0.6) is 0 Å². The number of likely N-dealkylation sites (N-methyl/N-ethyl adjacent to an activating group) is 1. The van der Waals surface area contributed by atoms with Gasteiger partial charge in [0.2, 0.25) is 0 Å². The Morgan fingerprint density at radius 1 is 1.12 bits per heavy atom. The predicted octanol–water partition coefficient (Wildman–Crippen LogP) is 4.41. The second-order valence-corrected chi connectivity index (χ2v) is 8.48. The number of esters is 1. The quantitative estimate of drug-likeness (QED) is 0.606. The maximum atomic E-state index is 13.4. The molecule has 2 heterocycles. The maximum absolute atomic E-state index is 13.4. The molecule has 2 aromatic carbocycles. The van der Waals surface area contributed by atoms with Crippen molar-refractivity contribution in [3.63, 3.8) is 0 Å². The third-order valence-corrected chi connectivity index (χ3v) is 6.08. The summed E-state index contributed by atoms with van der Waals surface area (Å²) in [4.78, 5) is 33.4. The van der Waals surface area contributed by atoms with Crippen molar-refractivity contribution < 1.29 is 14.3 Å². The van der Waals surface area contributed by atoms with Crippen molar-refractivity contribution in [1.82, 2.24) is 9.88 Å². The van der Waals surface area contributed by atoms with Gasteiger partial charge in [-0.25, -0.2) is 4.79 Å². The van der Waals surface area contributed by atoms with E-state index < -0.39 is 12.1 Å². The third kappa shape index (κ3) is 4.23. The van der Waals surface area contributed by atoms with E-state index in [1.807, 2.05) is 70.3 Å². The molecule has 6 nitrogen and oxygen atoms in total. The van der Waals surface area contributed by atoms with Crippen LogP contribution in [0.4, 0.5) is 5.69 Å². The van der Waals surface area contributed by atoms with E-state index in [0.29, 0.717) is 18.5 Å². The first-order valence-electron chi connectivity index (χ1n) is 11.1. The first kappa shape index (κ1) is 22.0. The summed E-state index contributed by atoms with van der Waals surface area (Å²) in [7, 11) is 2.03. The summed E-state index contributed by atoms with van der Waals surface area (Å²) in [5.74, 6) is -0.791. The standard InChI is InChI=1S/C26H29N3O3/c1-5-22(25(30)28-24-16(2)9-8-10-17(24)3)32-26(31)23-18-11-6-7-12-20(18)27-21-13-14-29(4)15-19(21)23/h6-12,22H,5,13-15H2,1-4H3,(H,28,30). The molecule has 32 heavy (non-hydrogen) atoms. The van der Waals surface area contributed by atoms with E-state index in [4.69, 9.17) is 9.72 Å². The SMILES string of the molecule is CCC(OC(=O)c1c2c(nc3ccccc13)CCN(C)C2)C(=O)Nc1c(C)cccc1C. The van der Waals surface area contributed by atoms with Crippen LogP contribution in [0.1, 0.15) is 46.1 Å². The molecule has 1 unspecified atom stereocenters. The largest absolute Gasteiger partial charge is 0.449 e. The van der Waals surface area contributed by atoms with Gasteiger partial charge >= 0.3 is 5.97 Å². The molecule has 1 aliphatic rings. The van der Waals surface area contributed by atoms with Crippen LogP contribution < -0.4 is 5.32 Å². The minimum atomic E-state index is -0.884. The molecular formula is C26H29N3O3. The minimum Gasteiger partial charge on any atom is -0.449 e. The molecule has 1 amide bonds. The van der Waals surface area contributed by atoms with E-state index in [-0.39, 0.29) is 5.91 Å². The predicted molar refractivity (Wildman–Crippen MR) is 126 cm³/mol. The molecule has 0 aliphatic carbocycles. The van der Waals surface area contributed by atoms with Crippen LogP contribution in [-0.4, -0.2) is 41.5 Å². The molecule has 0 bridgehead atoms. The minimum absolute atomic E-state index is 0.317. The van der Waals surface area contributed by atoms with Crippen LogP contribution in [0.2, 0.25) is 0 Å². The Labute approximate surface area is 188 Å². The molecule has 3 aromatic rings. The summed E-state index contributed by atoms with van der Waals surface area (Å²) in [5, 5.41) is 3.72. The molecule has 0 radical (unpaired) electrons. The number of para-hydroxylation sites is 2. The molecule has 0 saturated heterocycles. The summed E-state index contributed by atoms with van der Waals surface area (Å²) in [5.41, 5.74) is 5.83. The van der Waals surface area contributed by atoms with Crippen LogP contribution in [0.15, 0.2) is 42.5 Å². The lowest BCUT2D eigenvalue weighted by molar-refractivity contribution is -0.124. The second-order valence-electron chi connectivity index (χ2n) is 8.48. The Morgan fingerprint density at radius 3 is 2.56 bits per heavy atom. The van der Waals surface area contributed by atoms with Crippen molar-refractivity contribution in [3.05, 3.63) is 70.4 Å². The lowest BCUT2D eigenvalue weighted by Crippen LogP contribution is -2.34. The number of nitrogens with one attached hydrogen (secondary N) is 1. The van der Waals surface area contributed by atoms with Crippen LogP contribution in [0, 0.1) is 13.8 Å². The molecule has 1 aromatic heterocycles. The van der Waals surface area contributed by atoms with Crippen LogP contribution in [0.3, 0.4) is 0 Å². The Balaban J connectivity index is 1.65. The first-order valence-corrected chi connectivity index (χ1v) is 11.1. The molecule has 1 atom stereocenters. The number of ether oxygens (including phenoxy) is 1. The highest BCUT2D eigenvalue weighted by Gasteiger charge is 2.29. The normalized spacial score (nSPS) is 14.6. The number of fused-ring (bicyclic) bond motifs is 2. The number of amides is 1. The molecule has 166 valence electrons. The molecule has 0 saturated carbocycles. The highest BCUT2D eigenvalue weighted by atomic mass is 16.5. The summed E-state index contributed by atoms with van der Waals surface area (Å²) in [6, 6.07) is 13.5. The van der Waals surface area contributed by atoms with Crippen molar-refractivity contribution in [1.29, 1.82) is 0 Å². The zero-order valence-corrected chi connectivity index (χ0v) is 19.1. The number of pyridine rings is 1. The number of hydrogen-bond acceptors (Lipinski definition) is 5. The van der Waals surface area contributed by atoms with Gasteiger partial charge in [0.15, 0.2) is 6.10 Å². The Hall–Kier alpha value is -3.25. The van der Waals surface area contributed by atoms with Gasteiger partial charge in [-0.2, -0.15) is 0 Å². The number of nitrogens with zero attached hydrogens (tertiary/aromatic N) is 2. The number of aromatic nitrogens is 1. The molecule has 0 spiro atoms. The molecule has 6 heteroatoms. The van der Waals surface area contributed by atoms with Gasteiger partial charge in [0.05, 0.1) is 11.1 Å². The summed E-state index contributed by atoms with van der Waals surface area (Å²) < 4.78 is 5.81. The Morgan fingerprint density at radius 2 is 1.84 bits per heavy atom. The van der Waals surface area contributed by atoms with E-state index in [0.717, 1.165) is 51.9 Å². The van der Waals surface area contributed by atoms with Crippen molar-refractivity contribution in [3.8, 4) is 0 Å². The zero-order chi connectivity index (χ0) is 22.8. The van der Waals surface area contributed by atoms with Crippen molar-refractivity contribution in [2.24, 2.45) is 0 Å². The van der Waals surface area contributed by atoms with Gasteiger partial charge < -0.3 is 15.0 Å². The van der Waals surface area contributed by atoms with E-state index in [2.05, 4.69) is 10.2 Å². The maximum Gasteiger partial charge on any atom is 0.340 e. The molecular weight excluding hydrogens is 402 g/mol. The molecule has 1 N–H and O–H groups in total. The number of anilines is 1.